The molecule has 0 aromatic heterocycles. The molecule has 0 radical (unpaired) electrons. The fraction of sp³-hybridized carbons (Fsp3) is 0.333. The summed E-state index contributed by atoms with van der Waals surface area (Å²) in [5, 5.41) is 2.73. The van der Waals surface area contributed by atoms with Crippen LogP contribution < -0.4 is 16.0 Å². The molecule has 1 unspecified atom stereocenters. The van der Waals surface area contributed by atoms with Crippen molar-refractivity contribution in [3.63, 3.8) is 0 Å². The zero-order valence-electron chi connectivity index (χ0n) is 9.64. The molecule has 1 aliphatic heterocycles. The summed E-state index contributed by atoms with van der Waals surface area (Å²) < 4.78 is 0. The normalized spacial score (nSPS) is 20.4. The SMILES string of the molecule is CC1CC(=O)N(c2cccc(CN)c2)C(=O)N1. The first kappa shape index (κ1) is 11.6. The molecule has 1 heterocycles. The Morgan fingerprint density at radius 2 is 2.24 bits per heavy atom. The monoisotopic (exact) mass is 233 g/mol. The van der Waals surface area contributed by atoms with Gasteiger partial charge >= 0.3 is 6.03 Å². The van der Waals surface area contributed by atoms with Crippen molar-refractivity contribution in [2.75, 3.05) is 4.90 Å². The Bertz CT molecular complexity index is 441. The van der Waals surface area contributed by atoms with Gasteiger partial charge in [0.2, 0.25) is 5.91 Å². The average Bonchev–Trinajstić information content (AvgIpc) is 2.28. The topological polar surface area (TPSA) is 75.4 Å². The summed E-state index contributed by atoms with van der Waals surface area (Å²) in [7, 11) is 0. The first-order chi connectivity index (χ1) is 8.11. The number of nitrogens with one attached hydrogen (secondary N) is 1. The number of carbonyl (C=O) groups excluding carboxylic acids is 2. The summed E-state index contributed by atoms with van der Waals surface area (Å²) >= 11 is 0. The summed E-state index contributed by atoms with van der Waals surface area (Å²) in [6.45, 7) is 2.19. The Balaban J connectivity index is 2.31. The summed E-state index contributed by atoms with van der Waals surface area (Å²) in [5.41, 5.74) is 7.00. The molecular weight excluding hydrogens is 218 g/mol. The molecule has 1 atom stereocenters. The molecule has 0 aliphatic carbocycles. The van der Waals surface area contributed by atoms with Crippen LogP contribution >= 0.6 is 0 Å². The second kappa shape index (κ2) is 4.55. The highest BCUT2D eigenvalue weighted by atomic mass is 16.2. The minimum Gasteiger partial charge on any atom is -0.334 e. The van der Waals surface area contributed by atoms with Crippen LogP contribution in [0.25, 0.3) is 0 Å². The molecule has 1 aliphatic rings. The van der Waals surface area contributed by atoms with E-state index in [1.165, 1.54) is 4.90 Å². The zero-order chi connectivity index (χ0) is 12.4. The lowest BCUT2D eigenvalue weighted by atomic mass is 10.1. The molecule has 2 rings (SSSR count). The lowest BCUT2D eigenvalue weighted by molar-refractivity contribution is -0.118. The van der Waals surface area contributed by atoms with Crippen LogP contribution in [0.2, 0.25) is 0 Å². The third-order valence-electron chi connectivity index (χ3n) is 2.71. The molecule has 5 nitrogen and oxygen atoms in total. The summed E-state index contributed by atoms with van der Waals surface area (Å²) in [4.78, 5) is 24.8. The fourth-order valence-electron chi connectivity index (χ4n) is 1.88. The number of nitrogens with zero attached hydrogens (tertiary/aromatic N) is 1. The van der Waals surface area contributed by atoms with Gasteiger partial charge in [-0.1, -0.05) is 12.1 Å². The highest BCUT2D eigenvalue weighted by Gasteiger charge is 2.30. The van der Waals surface area contributed by atoms with Gasteiger partial charge in [0.05, 0.1) is 5.69 Å². The number of amides is 3. The van der Waals surface area contributed by atoms with Crippen LogP contribution in [0.3, 0.4) is 0 Å². The standard InChI is InChI=1S/C12H15N3O2/c1-8-5-11(16)15(12(17)14-8)10-4-2-3-9(6-10)7-13/h2-4,6,8H,5,7,13H2,1H3,(H,14,17). The van der Waals surface area contributed by atoms with Crippen LogP contribution in [0.4, 0.5) is 10.5 Å². The van der Waals surface area contributed by atoms with Crippen LogP contribution in [0.5, 0.6) is 0 Å². The maximum atomic E-state index is 11.8. The third-order valence-corrected chi connectivity index (χ3v) is 2.71. The van der Waals surface area contributed by atoms with Gasteiger partial charge in [-0.25, -0.2) is 9.69 Å². The predicted octanol–water partition coefficient (Wildman–Crippen LogP) is 0.980. The zero-order valence-corrected chi connectivity index (χ0v) is 9.64. The molecule has 1 aromatic carbocycles. The summed E-state index contributed by atoms with van der Waals surface area (Å²) in [6, 6.07) is 6.65. The van der Waals surface area contributed by atoms with Crippen molar-refractivity contribution in [2.24, 2.45) is 5.73 Å². The van der Waals surface area contributed by atoms with Crippen molar-refractivity contribution < 1.29 is 9.59 Å². The first-order valence-corrected chi connectivity index (χ1v) is 5.54. The molecule has 1 saturated heterocycles. The van der Waals surface area contributed by atoms with Gasteiger partial charge in [0.25, 0.3) is 0 Å². The molecule has 17 heavy (non-hydrogen) atoms. The van der Waals surface area contributed by atoms with E-state index >= 15 is 0 Å². The number of urea groups is 1. The number of hydrogen-bond acceptors (Lipinski definition) is 3. The molecule has 1 aromatic rings. The molecule has 90 valence electrons. The average molecular weight is 233 g/mol. The molecule has 5 heteroatoms. The van der Waals surface area contributed by atoms with Gasteiger partial charge in [-0.15, -0.1) is 0 Å². The maximum Gasteiger partial charge on any atom is 0.328 e. The van der Waals surface area contributed by atoms with Gasteiger partial charge in [-0.3, -0.25) is 4.79 Å². The van der Waals surface area contributed by atoms with Gasteiger partial charge in [0.15, 0.2) is 0 Å². The number of benzene rings is 1. The van der Waals surface area contributed by atoms with Gasteiger partial charge in [-0.2, -0.15) is 0 Å². The molecule has 3 amide bonds. The van der Waals surface area contributed by atoms with E-state index < -0.39 is 0 Å². The van der Waals surface area contributed by atoms with Crippen LogP contribution in [0, 0.1) is 0 Å². The minimum absolute atomic E-state index is 0.107. The highest BCUT2D eigenvalue weighted by Crippen LogP contribution is 2.20. The third kappa shape index (κ3) is 2.29. The molecule has 1 fully saturated rings. The smallest absolute Gasteiger partial charge is 0.328 e. The van der Waals surface area contributed by atoms with E-state index in [1.807, 2.05) is 13.0 Å². The van der Waals surface area contributed by atoms with E-state index in [0.29, 0.717) is 18.7 Å². The lowest BCUT2D eigenvalue weighted by Gasteiger charge is -2.29. The number of anilines is 1. The van der Waals surface area contributed by atoms with Crippen LogP contribution in [-0.4, -0.2) is 18.0 Å². The Morgan fingerprint density at radius 1 is 1.47 bits per heavy atom. The van der Waals surface area contributed by atoms with Crippen molar-refractivity contribution in [2.45, 2.75) is 25.9 Å². The Hall–Kier alpha value is -1.88. The minimum atomic E-state index is -0.372. The van der Waals surface area contributed by atoms with Crippen LogP contribution in [-0.2, 0) is 11.3 Å². The number of hydrogen-bond donors (Lipinski definition) is 2. The van der Waals surface area contributed by atoms with E-state index in [-0.39, 0.29) is 18.0 Å². The second-order valence-corrected chi connectivity index (χ2v) is 4.16. The number of imide groups is 1. The first-order valence-electron chi connectivity index (χ1n) is 5.54. The van der Waals surface area contributed by atoms with Crippen molar-refractivity contribution in [3.05, 3.63) is 29.8 Å². The molecule has 0 saturated carbocycles. The van der Waals surface area contributed by atoms with Crippen molar-refractivity contribution in [1.29, 1.82) is 0 Å². The number of rotatable bonds is 2. The van der Waals surface area contributed by atoms with E-state index in [1.54, 1.807) is 18.2 Å². The van der Waals surface area contributed by atoms with E-state index in [2.05, 4.69) is 5.32 Å². The van der Waals surface area contributed by atoms with E-state index in [9.17, 15) is 9.59 Å². The molecule has 3 N–H and O–H groups in total. The van der Waals surface area contributed by atoms with E-state index in [4.69, 9.17) is 5.73 Å². The molecule has 0 bridgehead atoms. The highest BCUT2D eigenvalue weighted by molar-refractivity contribution is 6.16. The summed E-state index contributed by atoms with van der Waals surface area (Å²) in [5.74, 6) is -0.185. The number of carbonyl (C=O) groups is 2. The van der Waals surface area contributed by atoms with Gasteiger partial charge in [-0.05, 0) is 24.6 Å². The van der Waals surface area contributed by atoms with Gasteiger partial charge in [0, 0.05) is 19.0 Å². The van der Waals surface area contributed by atoms with Crippen molar-refractivity contribution >= 4 is 17.6 Å². The number of nitrogens with two attached hydrogens (primary N) is 1. The largest absolute Gasteiger partial charge is 0.334 e. The Morgan fingerprint density at radius 3 is 2.88 bits per heavy atom. The Labute approximate surface area is 99.6 Å². The maximum absolute atomic E-state index is 11.8. The quantitative estimate of drug-likeness (QED) is 0.799. The fourth-order valence-corrected chi connectivity index (χ4v) is 1.88. The van der Waals surface area contributed by atoms with Crippen molar-refractivity contribution in [1.82, 2.24) is 5.32 Å². The molecular formula is C12H15N3O2. The van der Waals surface area contributed by atoms with Crippen LogP contribution in [0.15, 0.2) is 24.3 Å². The lowest BCUT2D eigenvalue weighted by Crippen LogP contribution is -2.54. The summed E-state index contributed by atoms with van der Waals surface area (Å²) in [6.07, 6.45) is 0.318. The van der Waals surface area contributed by atoms with Crippen molar-refractivity contribution in [3.8, 4) is 0 Å². The van der Waals surface area contributed by atoms with Gasteiger partial charge in [0.1, 0.15) is 0 Å². The Kier molecular flexibility index (Phi) is 3.10. The van der Waals surface area contributed by atoms with E-state index in [0.717, 1.165) is 5.56 Å². The molecule has 0 spiro atoms. The second-order valence-electron chi connectivity index (χ2n) is 4.16. The van der Waals surface area contributed by atoms with Gasteiger partial charge < -0.3 is 11.1 Å². The predicted molar refractivity (Wildman–Crippen MR) is 64.4 cm³/mol. The van der Waals surface area contributed by atoms with Crippen LogP contribution in [0.1, 0.15) is 18.9 Å².